The molecular formula is C14H13BrN2O3S. The molecule has 0 aliphatic heterocycles. The van der Waals surface area contributed by atoms with E-state index in [9.17, 15) is 9.59 Å². The summed E-state index contributed by atoms with van der Waals surface area (Å²) in [7, 11) is 0. The Morgan fingerprint density at radius 2 is 2.00 bits per heavy atom. The molecule has 2 amide bonds. The van der Waals surface area contributed by atoms with E-state index in [2.05, 4.69) is 26.6 Å². The van der Waals surface area contributed by atoms with Gasteiger partial charge in [-0.2, -0.15) is 0 Å². The quantitative estimate of drug-likeness (QED) is 0.760. The maximum absolute atomic E-state index is 12.0. The molecule has 1 aromatic carbocycles. The minimum atomic E-state index is -1.06. The summed E-state index contributed by atoms with van der Waals surface area (Å²) < 4.78 is 0.903. The number of anilines is 1. The first-order valence-corrected chi connectivity index (χ1v) is 7.79. The summed E-state index contributed by atoms with van der Waals surface area (Å²) in [5.41, 5.74) is 1.03. The number of aromatic carboxylic acids is 1. The lowest BCUT2D eigenvalue weighted by molar-refractivity contribution is 0.0698. The van der Waals surface area contributed by atoms with Gasteiger partial charge in [0.2, 0.25) is 0 Å². The number of amides is 2. The molecule has 1 aromatic heterocycles. The van der Waals surface area contributed by atoms with Crippen molar-refractivity contribution < 1.29 is 14.7 Å². The highest BCUT2D eigenvalue weighted by atomic mass is 79.9. The average molecular weight is 369 g/mol. The van der Waals surface area contributed by atoms with Gasteiger partial charge in [0, 0.05) is 4.47 Å². The van der Waals surface area contributed by atoms with Crippen molar-refractivity contribution in [2.75, 3.05) is 5.32 Å². The first kappa shape index (κ1) is 15.5. The Morgan fingerprint density at radius 3 is 2.67 bits per heavy atom. The molecule has 0 fully saturated rings. The molecule has 0 saturated heterocycles. The fraction of sp³-hybridized carbons (Fsp3) is 0.143. The highest BCUT2D eigenvalue weighted by molar-refractivity contribution is 9.10. The smallest absolute Gasteiger partial charge is 0.338 e. The highest BCUT2D eigenvalue weighted by Gasteiger charge is 2.16. The molecule has 1 atom stereocenters. The number of hydrogen-bond acceptors (Lipinski definition) is 3. The number of benzene rings is 1. The van der Waals surface area contributed by atoms with Gasteiger partial charge in [0.15, 0.2) is 0 Å². The predicted octanol–water partition coefficient (Wildman–Crippen LogP) is 4.09. The van der Waals surface area contributed by atoms with Crippen LogP contribution in [0.2, 0.25) is 0 Å². The Bertz CT molecular complexity index is 672. The molecule has 7 heteroatoms. The number of nitrogens with one attached hydrogen (secondary N) is 2. The van der Waals surface area contributed by atoms with Gasteiger partial charge < -0.3 is 10.4 Å². The van der Waals surface area contributed by atoms with Gasteiger partial charge in [0.1, 0.15) is 5.00 Å². The van der Waals surface area contributed by atoms with E-state index in [1.807, 2.05) is 31.2 Å². The van der Waals surface area contributed by atoms with Crippen LogP contribution in [0.3, 0.4) is 0 Å². The summed E-state index contributed by atoms with van der Waals surface area (Å²) in [6, 6.07) is 8.39. The minimum Gasteiger partial charge on any atom is -0.478 e. The topological polar surface area (TPSA) is 78.4 Å². The molecule has 0 aliphatic carbocycles. The first-order valence-electron chi connectivity index (χ1n) is 6.11. The third-order valence-electron chi connectivity index (χ3n) is 2.84. The van der Waals surface area contributed by atoms with Crippen molar-refractivity contribution in [1.82, 2.24) is 5.32 Å². The summed E-state index contributed by atoms with van der Waals surface area (Å²) in [4.78, 5) is 22.9. The zero-order valence-electron chi connectivity index (χ0n) is 11.1. The number of thiophene rings is 1. The fourth-order valence-corrected chi connectivity index (χ4v) is 3.22. The molecule has 3 N–H and O–H groups in total. The average Bonchev–Trinajstić information content (AvgIpc) is 2.87. The van der Waals surface area contributed by atoms with Crippen molar-refractivity contribution >= 4 is 44.3 Å². The molecule has 0 bridgehead atoms. The molecule has 5 nitrogen and oxygen atoms in total. The van der Waals surface area contributed by atoms with Crippen molar-refractivity contribution in [2.45, 2.75) is 13.0 Å². The van der Waals surface area contributed by atoms with Gasteiger partial charge >= 0.3 is 12.0 Å². The van der Waals surface area contributed by atoms with Crippen LogP contribution in [-0.4, -0.2) is 17.1 Å². The van der Waals surface area contributed by atoms with E-state index in [0.717, 1.165) is 10.0 Å². The van der Waals surface area contributed by atoms with Crippen LogP contribution in [0.1, 0.15) is 28.9 Å². The standard InChI is InChI=1S/C14H13BrN2O3S/c1-8(9-4-2-3-5-11(9)15)16-14(20)17-12-10(13(18)19)6-7-21-12/h2-8H,1H3,(H,18,19)(H2,16,17,20). The number of carboxylic acids is 1. The maximum Gasteiger partial charge on any atom is 0.338 e. The van der Waals surface area contributed by atoms with Crippen molar-refractivity contribution in [3.8, 4) is 0 Å². The van der Waals surface area contributed by atoms with E-state index in [4.69, 9.17) is 5.11 Å². The second-order valence-electron chi connectivity index (χ2n) is 4.31. The lowest BCUT2D eigenvalue weighted by Crippen LogP contribution is -2.31. The Balaban J connectivity index is 2.03. The summed E-state index contributed by atoms with van der Waals surface area (Å²) in [6.07, 6.45) is 0. The minimum absolute atomic E-state index is 0.0868. The predicted molar refractivity (Wildman–Crippen MR) is 86.0 cm³/mol. The number of carbonyl (C=O) groups excluding carboxylic acids is 1. The van der Waals surface area contributed by atoms with Gasteiger partial charge in [-0.25, -0.2) is 9.59 Å². The molecule has 2 rings (SSSR count). The number of carboxylic acid groups (broad SMARTS) is 1. The van der Waals surface area contributed by atoms with Crippen LogP contribution in [0.4, 0.5) is 9.80 Å². The second-order valence-corrected chi connectivity index (χ2v) is 6.08. The molecule has 21 heavy (non-hydrogen) atoms. The Hall–Kier alpha value is -1.86. The van der Waals surface area contributed by atoms with E-state index >= 15 is 0 Å². The summed E-state index contributed by atoms with van der Waals surface area (Å²) in [5, 5.41) is 16.3. The molecule has 0 spiro atoms. The third-order valence-corrected chi connectivity index (χ3v) is 4.39. The number of carbonyl (C=O) groups is 2. The molecule has 1 unspecified atom stereocenters. The van der Waals surface area contributed by atoms with E-state index in [1.165, 1.54) is 17.4 Å². The van der Waals surface area contributed by atoms with Crippen LogP contribution >= 0.6 is 27.3 Å². The molecule has 2 aromatic rings. The first-order chi connectivity index (χ1) is 9.99. The number of urea groups is 1. The molecular weight excluding hydrogens is 356 g/mol. The number of halogens is 1. The largest absolute Gasteiger partial charge is 0.478 e. The Labute approximate surface area is 134 Å². The van der Waals surface area contributed by atoms with Crippen LogP contribution < -0.4 is 10.6 Å². The summed E-state index contributed by atoms with van der Waals surface area (Å²) in [5.74, 6) is -1.06. The zero-order valence-corrected chi connectivity index (χ0v) is 13.5. The van der Waals surface area contributed by atoms with Gasteiger partial charge in [-0.3, -0.25) is 5.32 Å². The molecule has 0 saturated carbocycles. The van der Waals surface area contributed by atoms with Gasteiger partial charge in [-0.1, -0.05) is 34.1 Å². The van der Waals surface area contributed by atoms with Gasteiger partial charge in [0.25, 0.3) is 0 Å². The van der Waals surface area contributed by atoms with E-state index in [1.54, 1.807) is 5.38 Å². The second kappa shape index (κ2) is 6.73. The van der Waals surface area contributed by atoms with Gasteiger partial charge in [-0.15, -0.1) is 11.3 Å². The van der Waals surface area contributed by atoms with E-state index in [0.29, 0.717) is 5.00 Å². The third kappa shape index (κ3) is 3.83. The molecule has 110 valence electrons. The molecule has 1 heterocycles. The number of hydrogen-bond donors (Lipinski definition) is 3. The van der Waals surface area contributed by atoms with Crippen LogP contribution in [-0.2, 0) is 0 Å². The summed E-state index contributed by atoms with van der Waals surface area (Å²) in [6.45, 7) is 1.85. The van der Waals surface area contributed by atoms with Crippen molar-refractivity contribution in [1.29, 1.82) is 0 Å². The highest BCUT2D eigenvalue weighted by Crippen LogP contribution is 2.25. The van der Waals surface area contributed by atoms with Crippen LogP contribution in [0, 0.1) is 0 Å². The zero-order chi connectivity index (χ0) is 15.4. The maximum atomic E-state index is 12.0. The Morgan fingerprint density at radius 1 is 1.29 bits per heavy atom. The normalized spacial score (nSPS) is 11.7. The van der Waals surface area contributed by atoms with Crippen molar-refractivity contribution in [3.05, 3.63) is 51.3 Å². The lowest BCUT2D eigenvalue weighted by atomic mass is 10.1. The van der Waals surface area contributed by atoms with Crippen LogP contribution in [0.5, 0.6) is 0 Å². The van der Waals surface area contributed by atoms with Gasteiger partial charge in [-0.05, 0) is 30.0 Å². The van der Waals surface area contributed by atoms with E-state index < -0.39 is 12.0 Å². The Kier molecular flexibility index (Phi) is 4.98. The van der Waals surface area contributed by atoms with Crippen molar-refractivity contribution in [2.24, 2.45) is 0 Å². The van der Waals surface area contributed by atoms with Crippen LogP contribution in [0.15, 0.2) is 40.2 Å². The summed E-state index contributed by atoms with van der Waals surface area (Å²) >= 11 is 4.60. The van der Waals surface area contributed by atoms with Crippen LogP contribution in [0.25, 0.3) is 0 Å². The number of rotatable bonds is 4. The fourth-order valence-electron chi connectivity index (χ4n) is 1.81. The lowest BCUT2D eigenvalue weighted by Gasteiger charge is -2.16. The molecule has 0 radical (unpaired) electrons. The van der Waals surface area contributed by atoms with E-state index in [-0.39, 0.29) is 11.6 Å². The molecule has 0 aliphatic rings. The van der Waals surface area contributed by atoms with Crippen molar-refractivity contribution in [3.63, 3.8) is 0 Å². The van der Waals surface area contributed by atoms with Gasteiger partial charge in [0.05, 0.1) is 11.6 Å². The monoisotopic (exact) mass is 368 g/mol. The SMILES string of the molecule is CC(NC(=O)Nc1sccc1C(=O)O)c1ccccc1Br.